The fourth-order valence-corrected chi connectivity index (χ4v) is 3.33. The Labute approximate surface area is 175 Å². The Hall–Kier alpha value is -3.36. The number of nitrogens with zero attached hydrogens (tertiary/aromatic N) is 3. The smallest absolute Gasteiger partial charge is 0.410 e. The number of anilines is 1. The Kier molecular flexibility index (Phi) is 6.09. The Morgan fingerprint density at radius 2 is 2.07 bits per heavy atom. The lowest BCUT2D eigenvalue weighted by Crippen LogP contribution is -2.47. The van der Waals surface area contributed by atoms with E-state index in [-0.39, 0.29) is 29.4 Å². The normalized spacial score (nSPS) is 16.8. The van der Waals surface area contributed by atoms with Gasteiger partial charge in [0, 0.05) is 24.7 Å². The molecule has 1 saturated heterocycles. The number of ether oxygens (including phenoxy) is 1. The third-order valence-corrected chi connectivity index (χ3v) is 4.66. The average Bonchev–Trinajstić information content (AvgIpc) is 2.67. The molecule has 1 aliphatic heterocycles. The number of carbonyl (C=O) groups is 1. The van der Waals surface area contributed by atoms with Crippen LogP contribution >= 0.6 is 0 Å². The van der Waals surface area contributed by atoms with Crippen LogP contribution in [-0.2, 0) is 4.74 Å². The molecule has 1 aromatic carbocycles. The molecule has 0 aliphatic carbocycles. The molecule has 1 unspecified atom stereocenters. The number of phenolic OH excluding ortho intramolecular Hbond substituents is 1. The summed E-state index contributed by atoms with van der Waals surface area (Å²) >= 11 is 0. The molecule has 1 fully saturated rings. The summed E-state index contributed by atoms with van der Waals surface area (Å²) in [5.41, 5.74) is 6.88. The van der Waals surface area contributed by atoms with Gasteiger partial charge in [-0.15, -0.1) is 10.2 Å². The van der Waals surface area contributed by atoms with Gasteiger partial charge in [-0.1, -0.05) is 12.1 Å². The van der Waals surface area contributed by atoms with Crippen LogP contribution in [0, 0.1) is 5.41 Å². The monoisotopic (exact) mass is 412 g/mol. The molecule has 9 heteroatoms. The molecule has 30 heavy (non-hydrogen) atoms. The van der Waals surface area contributed by atoms with E-state index in [0.29, 0.717) is 30.0 Å². The van der Waals surface area contributed by atoms with Crippen LogP contribution in [0.5, 0.6) is 5.75 Å². The van der Waals surface area contributed by atoms with Gasteiger partial charge in [-0.25, -0.2) is 4.79 Å². The van der Waals surface area contributed by atoms with Gasteiger partial charge in [0.2, 0.25) is 0 Å². The lowest BCUT2D eigenvalue weighted by Gasteiger charge is -2.35. The van der Waals surface area contributed by atoms with Crippen molar-refractivity contribution in [3.05, 3.63) is 36.0 Å². The highest BCUT2D eigenvalue weighted by Gasteiger charge is 2.28. The number of piperidine rings is 1. The molecular formula is C21H28N6O3. The number of para-hydroxylation sites is 1. The average molecular weight is 412 g/mol. The molecule has 9 nitrogen and oxygen atoms in total. The summed E-state index contributed by atoms with van der Waals surface area (Å²) in [6.07, 6.45) is 1.31. The highest BCUT2D eigenvalue weighted by atomic mass is 16.6. The first-order valence-corrected chi connectivity index (χ1v) is 9.89. The molecule has 0 saturated carbocycles. The maximum atomic E-state index is 12.4. The van der Waals surface area contributed by atoms with E-state index in [9.17, 15) is 9.90 Å². The first-order chi connectivity index (χ1) is 14.1. The third-order valence-electron chi connectivity index (χ3n) is 4.66. The SMILES string of the molecule is CC(C)(C)OC(=O)N1CCCC(Nc2cc(-c3ccccc3O)nnc2C(=N)N)C1. The lowest BCUT2D eigenvalue weighted by molar-refractivity contribution is 0.0206. The number of likely N-dealkylation sites (tertiary alicyclic amines) is 1. The minimum absolute atomic E-state index is 0.0641. The van der Waals surface area contributed by atoms with Crippen molar-refractivity contribution in [3.8, 4) is 17.0 Å². The molecule has 160 valence electrons. The summed E-state index contributed by atoms with van der Waals surface area (Å²) < 4.78 is 5.48. The number of aromatic nitrogens is 2. The van der Waals surface area contributed by atoms with Crippen molar-refractivity contribution in [1.29, 1.82) is 5.41 Å². The summed E-state index contributed by atoms with van der Waals surface area (Å²) in [7, 11) is 0. The van der Waals surface area contributed by atoms with Crippen molar-refractivity contribution in [2.24, 2.45) is 5.73 Å². The van der Waals surface area contributed by atoms with Crippen LogP contribution in [0.1, 0.15) is 39.3 Å². The number of nitrogens with one attached hydrogen (secondary N) is 2. The van der Waals surface area contributed by atoms with Gasteiger partial charge in [-0.2, -0.15) is 0 Å². The van der Waals surface area contributed by atoms with E-state index in [1.165, 1.54) is 0 Å². The van der Waals surface area contributed by atoms with Crippen LogP contribution in [0.25, 0.3) is 11.3 Å². The second kappa shape index (κ2) is 8.56. The molecule has 0 radical (unpaired) electrons. The van der Waals surface area contributed by atoms with Gasteiger partial charge in [-0.05, 0) is 51.8 Å². The molecule has 5 N–H and O–H groups in total. The van der Waals surface area contributed by atoms with E-state index < -0.39 is 5.60 Å². The van der Waals surface area contributed by atoms with E-state index >= 15 is 0 Å². The van der Waals surface area contributed by atoms with E-state index in [0.717, 1.165) is 12.8 Å². The summed E-state index contributed by atoms with van der Waals surface area (Å²) in [6.45, 7) is 6.61. The van der Waals surface area contributed by atoms with Crippen molar-refractivity contribution in [1.82, 2.24) is 15.1 Å². The molecule has 1 aromatic heterocycles. The van der Waals surface area contributed by atoms with Crippen LogP contribution in [0.15, 0.2) is 30.3 Å². The number of phenols is 1. The number of amidine groups is 1. The summed E-state index contributed by atoms with van der Waals surface area (Å²) in [5, 5.41) is 29.5. The van der Waals surface area contributed by atoms with Gasteiger partial charge in [-0.3, -0.25) is 5.41 Å². The van der Waals surface area contributed by atoms with Crippen molar-refractivity contribution in [2.45, 2.75) is 45.3 Å². The zero-order chi connectivity index (χ0) is 21.9. The summed E-state index contributed by atoms with van der Waals surface area (Å²) in [6, 6.07) is 8.48. The molecule has 0 bridgehead atoms. The Balaban J connectivity index is 1.82. The topological polar surface area (TPSA) is 137 Å². The van der Waals surface area contributed by atoms with Gasteiger partial charge in [0.25, 0.3) is 0 Å². The zero-order valence-electron chi connectivity index (χ0n) is 17.5. The molecule has 0 spiro atoms. The Morgan fingerprint density at radius 1 is 1.33 bits per heavy atom. The molecular weight excluding hydrogens is 384 g/mol. The van der Waals surface area contributed by atoms with Crippen LogP contribution in [0.3, 0.4) is 0 Å². The second-order valence-corrected chi connectivity index (χ2v) is 8.33. The number of aromatic hydroxyl groups is 1. The number of benzene rings is 1. The first kappa shape index (κ1) is 21.4. The lowest BCUT2D eigenvalue weighted by atomic mass is 10.0. The number of nitrogen functional groups attached to an aromatic ring is 1. The van der Waals surface area contributed by atoms with Crippen LogP contribution < -0.4 is 11.1 Å². The number of amides is 1. The van der Waals surface area contributed by atoms with E-state index in [4.69, 9.17) is 15.9 Å². The quantitative estimate of drug-likeness (QED) is 0.447. The third kappa shape index (κ3) is 5.16. The fourth-order valence-electron chi connectivity index (χ4n) is 3.33. The maximum absolute atomic E-state index is 12.4. The Bertz CT molecular complexity index is 941. The van der Waals surface area contributed by atoms with Gasteiger partial charge in [0.15, 0.2) is 5.69 Å². The van der Waals surface area contributed by atoms with Crippen molar-refractivity contribution >= 4 is 17.6 Å². The van der Waals surface area contributed by atoms with Gasteiger partial charge in [0.05, 0.1) is 11.4 Å². The van der Waals surface area contributed by atoms with Gasteiger partial charge >= 0.3 is 6.09 Å². The highest BCUT2D eigenvalue weighted by Crippen LogP contribution is 2.30. The van der Waals surface area contributed by atoms with E-state index in [1.54, 1.807) is 35.2 Å². The fraction of sp³-hybridized carbons (Fsp3) is 0.429. The second-order valence-electron chi connectivity index (χ2n) is 8.33. The van der Waals surface area contributed by atoms with Crippen molar-refractivity contribution in [2.75, 3.05) is 18.4 Å². The molecule has 1 atom stereocenters. The molecule has 2 aromatic rings. The summed E-state index contributed by atoms with van der Waals surface area (Å²) in [4.78, 5) is 14.1. The van der Waals surface area contributed by atoms with Crippen molar-refractivity contribution < 1.29 is 14.6 Å². The van der Waals surface area contributed by atoms with Gasteiger partial charge < -0.3 is 25.8 Å². The van der Waals surface area contributed by atoms with Crippen LogP contribution in [0.4, 0.5) is 10.5 Å². The number of nitrogens with two attached hydrogens (primary N) is 1. The van der Waals surface area contributed by atoms with Crippen LogP contribution in [0.2, 0.25) is 0 Å². The predicted octanol–water partition coefficient (Wildman–Crippen LogP) is 2.94. The number of carbonyl (C=O) groups excluding carboxylic acids is 1. The largest absolute Gasteiger partial charge is 0.507 e. The molecule has 1 amide bonds. The Morgan fingerprint density at radius 3 is 2.73 bits per heavy atom. The van der Waals surface area contributed by atoms with E-state index in [1.807, 2.05) is 20.8 Å². The van der Waals surface area contributed by atoms with Crippen LogP contribution in [-0.4, -0.2) is 56.9 Å². The number of rotatable bonds is 4. The number of hydrogen-bond acceptors (Lipinski definition) is 7. The maximum Gasteiger partial charge on any atom is 0.410 e. The van der Waals surface area contributed by atoms with Gasteiger partial charge in [0.1, 0.15) is 17.2 Å². The minimum atomic E-state index is -0.555. The highest BCUT2D eigenvalue weighted by molar-refractivity contribution is 5.98. The van der Waals surface area contributed by atoms with Crippen molar-refractivity contribution in [3.63, 3.8) is 0 Å². The molecule has 1 aliphatic rings. The summed E-state index contributed by atoms with van der Waals surface area (Å²) in [5.74, 6) is -0.129. The predicted molar refractivity (Wildman–Crippen MR) is 115 cm³/mol. The zero-order valence-corrected chi connectivity index (χ0v) is 17.5. The molecule has 3 rings (SSSR count). The minimum Gasteiger partial charge on any atom is -0.507 e. The number of hydrogen-bond donors (Lipinski definition) is 4. The standard InChI is InChI=1S/C21H28N6O3/c1-21(2,3)30-20(29)27-10-6-7-13(12-27)24-16-11-15(25-26-18(16)19(22)23)14-8-4-5-9-17(14)28/h4-5,8-9,11,13,28H,6-7,10,12H2,1-3H3,(H3,22,23)(H,24,25). The molecule has 2 heterocycles. The first-order valence-electron chi connectivity index (χ1n) is 9.89. The van der Waals surface area contributed by atoms with E-state index in [2.05, 4.69) is 15.5 Å².